The number of hydrogen-bond acceptors (Lipinski definition) is 6. The Labute approximate surface area is 156 Å². The molecule has 5 atom stereocenters. The molecule has 1 heterocycles. The molecule has 0 aliphatic carbocycles. The average molecular weight is 407 g/mol. The van der Waals surface area contributed by atoms with Crippen LogP contribution in [0.5, 0.6) is 0 Å². The number of esters is 2. The van der Waals surface area contributed by atoms with Crippen molar-refractivity contribution in [1.82, 2.24) is 5.32 Å². The summed E-state index contributed by atoms with van der Waals surface area (Å²) in [5, 5.41) is 1.46. The summed E-state index contributed by atoms with van der Waals surface area (Å²) in [5.41, 5.74) is 0.0631. The van der Waals surface area contributed by atoms with Crippen LogP contribution >= 0.6 is 0 Å². The summed E-state index contributed by atoms with van der Waals surface area (Å²) in [7, 11) is 0. The van der Waals surface area contributed by atoms with E-state index in [0.29, 0.717) is 0 Å². The Kier molecular flexibility index (Phi) is 6.60. The number of hydrogen-bond donors (Lipinski definition) is 1. The van der Waals surface area contributed by atoms with E-state index in [1.54, 1.807) is 6.07 Å². The van der Waals surface area contributed by atoms with Crippen molar-refractivity contribution in [2.75, 3.05) is 0 Å². The Bertz CT molecular complexity index is 726. The number of halogens is 4. The first-order chi connectivity index (χ1) is 13.0. The third-order valence-corrected chi connectivity index (χ3v) is 3.86. The number of benzene rings is 1. The fourth-order valence-electron chi connectivity index (χ4n) is 2.59. The van der Waals surface area contributed by atoms with Crippen LogP contribution in [-0.4, -0.2) is 54.7 Å². The molecule has 0 bridgehead atoms. The van der Waals surface area contributed by atoms with Gasteiger partial charge in [0.25, 0.3) is 0 Å². The summed E-state index contributed by atoms with van der Waals surface area (Å²) < 4.78 is 67.5. The Morgan fingerprint density at radius 2 is 1.71 bits per heavy atom. The van der Waals surface area contributed by atoms with E-state index in [2.05, 4.69) is 4.74 Å². The Morgan fingerprint density at radius 3 is 2.25 bits per heavy atom. The lowest BCUT2D eigenvalue weighted by Gasteiger charge is -2.41. The molecule has 0 unspecified atom stereocenters. The minimum absolute atomic E-state index is 0.0631. The van der Waals surface area contributed by atoms with Gasteiger partial charge in [0.15, 0.2) is 12.3 Å². The van der Waals surface area contributed by atoms with Crippen LogP contribution in [0.15, 0.2) is 30.3 Å². The molecule has 0 spiro atoms. The van der Waals surface area contributed by atoms with Gasteiger partial charge in [-0.05, 0) is 19.1 Å². The number of rotatable bonds is 4. The summed E-state index contributed by atoms with van der Waals surface area (Å²) in [6.45, 7) is 2.23. The third-order valence-electron chi connectivity index (χ3n) is 3.86. The van der Waals surface area contributed by atoms with Crippen LogP contribution in [0.25, 0.3) is 0 Å². The van der Waals surface area contributed by atoms with E-state index >= 15 is 0 Å². The van der Waals surface area contributed by atoms with Crippen molar-refractivity contribution < 1.29 is 46.2 Å². The Hall–Kier alpha value is -2.69. The predicted molar refractivity (Wildman–Crippen MR) is 84.6 cm³/mol. The van der Waals surface area contributed by atoms with Gasteiger partial charge in [-0.25, -0.2) is 9.18 Å². The largest absolute Gasteiger partial charge is 0.471 e. The number of nitrogens with one attached hydrogen (secondary N) is 1. The molecule has 154 valence electrons. The molecule has 0 aromatic heterocycles. The number of carbonyl (C=O) groups excluding carboxylic acids is 3. The van der Waals surface area contributed by atoms with Gasteiger partial charge in [-0.15, -0.1) is 0 Å². The molecule has 1 aromatic rings. The number of ether oxygens (including phenoxy) is 3. The van der Waals surface area contributed by atoms with E-state index in [0.717, 1.165) is 6.92 Å². The third kappa shape index (κ3) is 5.18. The highest BCUT2D eigenvalue weighted by molar-refractivity contribution is 5.89. The lowest BCUT2D eigenvalue weighted by Crippen LogP contribution is -2.64. The highest BCUT2D eigenvalue weighted by atomic mass is 19.4. The molecule has 1 fully saturated rings. The molecule has 11 heteroatoms. The maximum atomic E-state index is 14.7. The summed E-state index contributed by atoms with van der Waals surface area (Å²) in [4.78, 5) is 34.6. The maximum absolute atomic E-state index is 14.7. The molecule has 7 nitrogen and oxygen atoms in total. The molecule has 1 amide bonds. The molecular weight excluding hydrogens is 390 g/mol. The fourth-order valence-corrected chi connectivity index (χ4v) is 2.59. The first kappa shape index (κ1) is 21.6. The van der Waals surface area contributed by atoms with Crippen molar-refractivity contribution in [3.05, 3.63) is 35.9 Å². The van der Waals surface area contributed by atoms with Gasteiger partial charge in [0.05, 0.1) is 11.7 Å². The predicted octanol–water partition coefficient (Wildman–Crippen LogP) is 1.91. The van der Waals surface area contributed by atoms with Gasteiger partial charge < -0.3 is 19.5 Å². The normalized spacial score (nSPS) is 27.6. The minimum Gasteiger partial charge on any atom is -0.454 e. The molecule has 1 aromatic carbocycles. The lowest BCUT2D eigenvalue weighted by molar-refractivity contribution is -0.249. The zero-order chi connectivity index (χ0) is 21.1. The van der Waals surface area contributed by atoms with Crippen molar-refractivity contribution in [2.24, 2.45) is 0 Å². The van der Waals surface area contributed by atoms with Crippen LogP contribution in [0.4, 0.5) is 17.6 Å². The van der Waals surface area contributed by atoms with Crippen molar-refractivity contribution >= 4 is 17.8 Å². The van der Waals surface area contributed by atoms with E-state index < -0.39 is 54.7 Å². The topological polar surface area (TPSA) is 90.9 Å². The van der Waals surface area contributed by atoms with E-state index in [4.69, 9.17) is 9.47 Å². The second kappa shape index (κ2) is 8.55. The standard InChI is InChI=1S/C17H17F4NO6/c1-8-13(28-14(24)10-6-4-3-5-7-10)12(22-16(25)17(19,20)21)11(18)15(26-8)27-9(2)23/h3-8,11-13,15H,1-2H3,(H,22,25)/t8-,11-,12-,13+,15-/m0/s1. The van der Waals surface area contributed by atoms with Crippen LogP contribution in [0.2, 0.25) is 0 Å². The molecule has 0 saturated carbocycles. The van der Waals surface area contributed by atoms with Crippen LogP contribution in [0.1, 0.15) is 24.2 Å². The smallest absolute Gasteiger partial charge is 0.454 e. The van der Waals surface area contributed by atoms with Gasteiger partial charge >= 0.3 is 24.0 Å². The van der Waals surface area contributed by atoms with E-state index in [1.165, 1.54) is 36.5 Å². The molecule has 1 saturated heterocycles. The summed E-state index contributed by atoms with van der Waals surface area (Å²) in [6.07, 6.45) is -12.4. The molecule has 28 heavy (non-hydrogen) atoms. The summed E-state index contributed by atoms with van der Waals surface area (Å²) in [6, 6.07) is 5.47. The van der Waals surface area contributed by atoms with Gasteiger partial charge in [0.2, 0.25) is 6.29 Å². The van der Waals surface area contributed by atoms with Gasteiger partial charge in [0.1, 0.15) is 6.04 Å². The quantitative estimate of drug-likeness (QED) is 0.606. The first-order valence-electron chi connectivity index (χ1n) is 8.11. The van der Waals surface area contributed by atoms with Crippen LogP contribution in [0.3, 0.4) is 0 Å². The monoisotopic (exact) mass is 407 g/mol. The van der Waals surface area contributed by atoms with E-state index in [9.17, 15) is 31.9 Å². The molecule has 1 aliphatic heterocycles. The lowest BCUT2D eigenvalue weighted by atomic mass is 9.97. The molecule has 1 N–H and O–H groups in total. The van der Waals surface area contributed by atoms with Gasteiger partial charge in [-0.1, -0.05) is 18.2 Å². The highest BCUT2D eigenvalue weighted by Crippen LogP contribution is 2.28. The van der Waals surface area contributed by atoms with Crippen molar-refractivity contribution in [2.45, 2.75) is 50.7 Å². The highest BCUT2D eigenvalue weighted by Gasteiger charge is 2.51. The first-order valence-corrected chi connectivity index (χ1v) is 8.11. The Balaban J connectivity index is 2.27. The van der Waals surface area contributed by atoms with Gasteiger partial charge in [0, 0.05) is 6.92 Å². The average Bonchev–Trinajstić information content (AvgIpc) is 2.61. The van der Waals surface area contributed by atoms with E-state index in [1.807, 2.05) is 0 Å². The van der Waals surface area contributed by atoms with Gasteiger partial charge in [-0.2, -0.15) is 13.2 Å². The van der Waals surface area contributed by atoms with Crippen molar-refractivity contribution in [1.29, 1.82) is 0 Å². The van der Waals surface area contributed by atoms with Crippen molar-refractivity contribution in [3.63, 3.8) is 0 Å². The maximum Gasteiger partial charge on any atom is 0.471 e. The molecule has 2 rings (SSSR count). The Morgan fingerprint density at radius 1 is 1.11 bits per heavy atom. The number of amides is 1. The SMILES string of the molecule is CC(=O)O[C@@H]1O[C@@H](C)[C@@H](OC(=O)c2ccccc2)[C@@H](NC(=O)C(F)(F)F)[C@@H]1F. The van der Waals surface area contributed by atoms with Crippen LogP contribution in [-0.2, 0) is 23.8 Å². The zero-order valence-electron chi connectivity index (χ0n) is 14.7. The molecule has 0 radical (unpaired) electrons. The molecule has 1 aliphatic rings. The minimum atomic E-state index is -5.30. The summed E-state index contributed by atoms with van der Waals surface area (Å²) >= 11 is 0. The van der Waals surface area contributed by atoms with Crippen LogP contribution < -0.4 is 5.32 Å². The van der Waals surface area contributed by atoms with Crippen molar-refractivity contribution in [3.8, 4) is 0 Å². The second-order valence-electron chi connectivity index (χ2n) is 6.00. The number of alkyl halides is 4. The van der Waals surface area contributed by atoms with E-state index in [-0.39, 0.29) is 5.56 Å². The van der Waals surface area contributed by atoms with Gasteiger partial charge in [-0.3, -0.25) is 9.59 Å². The summed E-state index contributed by atoms with van der Waals surface area (Å²) in [5.74, 6) is -4.33. The number of carbonyl (C=O) groups is 3. The van der Waals surface area contributed by atoms with Crippen LogP contribution in [0, 0.1) is 0 Å². The fraction of sp³-hybridized carbons (Fsp3) is 0.471. The zero-order valence-corrected chi connectivity index (χ0v) is 14.7. The molecular formula is C17H17F4NO6. The second-order valence-corrected chi connectivity index (χ2v) is 6.00.